The molecule has 0 unspecified atom stereocenters. The summed E-state index contributed by atoms with van der Waals surface area (Å²) in [6.07, 6.45) is -15.9. The molecule has 38 heavy (non-hydrogen) atoms. The smallest absolute Gasteiger partial charge is 0.213 e. The largest absolute Gasteiger partial charge is 0.833 e. The zero-order valence-electron chi connectivity index (χ0n) is 15.8. The van der Waals surface area contributed by atoms with Gasteiger partial charge in [0.25, 0.3) is 0 Å². The van der Waals surface area contributed by atoms with Crippen LogP contribution in [0.4, 0.5) is 105 Å². The average molecular weight is 652 g/mol. The summed E-state index contributed by atoms with van der Waals surface area (Å²) in [5.41, 5.74) is 0. The number of hydrogen-bond acceptors (Lipinski definition) is 3. The van der Waals surface area contributed by atoms with E-state index in [1.807, 2.05) is 0 Å². The van der Waals surface area contributed by atoms with Crippen LogP contribution in [0.5, 0.6) is 0 Å². The van der Waals surface area contributed by atoms with Gasteiger partial charge < -0.3 is 0 Å². The molecule has 0 aliphatic heterocycles. The lowest BCUT2D eigenvalue weighted by Gasteiger charge is -2.44. The van der Waals surface area contributed by atoms with E-state index >= 15 is 0 Å². The summed E-state index contributed by atoms with van der Waals surface area (Å²) in [5, 5.41) is 1.76. The molecule has 3 nitrogen and oxygen atoms in total. The van der Waals surface area contributed by atoms with E-state index in [-0.39, 0.29) is 0 Å². The number of hydrogen-bond donors (Lipinski definition) is 0. The van der Waals surface area contributed by atoms with Crippen LogP contribution in [0.2, 0.25) is 0 Å². The highest BCUT2D eigenvalue weighted by Gasteiger charge is 2.98. The van der Waals surface area contributed by atoms with Gasteiger partial charge in [-0.1, -0.05) is 5.04 Å². The van der Waals surface area contributed by atoms with E-state index in [1.165, 1.54) is 4.89 Å². The first-order chi connectivity index (χ1) is 16.0. The zero-order chi connectivity index (χ0) is 31.6. The molecule has 0 aliphatic rings. The predicted octanol–water partition coefficient (Wildman–Crippen LogP) is 7.45. The molecule has 0 saturated heterocycles. The standard InChI is InChI=1S/C10F24O3Si/c11-1(12,3(15,16)5(19,20)7(23,24)9(27,28)29)2(13,14)4(17,18)6(21,22)8(25,26)10(30,31)35-36-37-38(32,33)34. The van der Waals surface area contributed by atoms with Crippen molar-refractivity contribution in [2.45, 2.75) is 59.7 Å². The molecule has 0 saturated carbocycles. The third-order valence-electron chi connectivity index (χ3n) is 3.75. The number of alkyl halides is 21. The van der Waals surface area contributed by atoms with Crippen molar-refractivity contribution >= 4 is 9.32 Å². The van der Waals surface area contributed by atoms with Gasteiger partial charge >= 0.3 is 69.0 Å². The van der Waals surface area contributed by atoms with Crippen LogP contribution < -0.4 is 0 Å². The normalized spacial score (nSPS) is 16.7. The Kier molecular flexibility index (Phi) is 8.85. The van der Waals surface area contributed by atoms with Crippen molar-refractivity contribution in [1.82, 2.24) is 0 Å². The van der Waals surface area contributed by atoms with Gasteiger partial charge in [0.2, 0.25) is 0 Å². The van der Waals surface area contributed by atoms with Crippen molar-refractivity contribution in [3.8, 4) is 0 Å². The van der Waals surface area contributed by atoms with E-state index in [0.717, 1.165) is 0 Å². The molecule has 0 fully saturated rings. The predicted molar refractivity (Wildman–Crippen MR) is 62.9 cm³/mol. The third-order valence-corrected chi connectivity index (χ3v) is 4.01. The first-order valence-electron chi connectivity index (χ1n) is 7.53. The summed E-state index contributed by atoms with van der Waals surface area (Å²) in [7, 11) is -7.80. The summed E-state index contributed by atoms with van der Waals surface area (Å²) in [4.78, 5) is 1.52. The van der Waals surface area contributed by atoms with Gasteiger partial charge in [-0.05, 0) is 0 Å². The van der Waals surface area contributed by atoms with Gasteiger partial charge in [0, 0.05) is 0 Å². The maximum atomic E-state index is 13.4. The minimum atomic E-state index is -9.39. The Bertz CT molecular complexity index is 839. The quantitative estimate of drug-likeness (QED) is 0.0722. The average Bonchev–Trinajstić information content (AvgIpc) is 2.64. The van der Waals surface area contributed by atoms with Crippen molar-refractivity contribution < 1.29 is 119 Å². The maximum Gasteiger partial charge on any atom is 0.833 e. The molecule has 28 heteroatoms. The second kappa shape index (κ2) is 9.23. The summed E-state index contributed by atoms with van der Waals surface area (Å²) < 4.78 is 309. The van der Waals surface area contributed by atoms with Crippen LogP contribution in [0.1, 0.15) is 0 Å². The van der Waals surface area contributed by atoms with Crippen LogP contribution >= 0.6 is 0 Å². The Morgan fingerprint density at radius 1 is 0.342 bits per heavy atom. The second-order valence-electron chi connectivity index (χ2n) is 6.29. The fourth-order valence-corrected chi connectivity index (χ4v) is 1.81. The van der Waals surface area contributed by atoms with Gasteiger partial charge in [0.05, 0.1) is 0 Å². The van der Waals surface area contributed by atoms with Gasteiger partial charge in [-0.3, -0.25) is 0 Å². The Hall–Kier alpha value is -1.58. The molecule has 0 aromatic carbocycles. The Morgan fingerprint density at radius 3 is 0.816 bits per heavy atom. The van der Waals surface area contributed by atoms with Crippen LogP contribution in [0.15, 0.2) is 0 Å². The molecule has 0 aliphatic carbocycles. The molecular formula is C10F24O3Si. The topological polar surface area (TPSA) is 27.7 Å². The monoisotopic (exact) mass is 652 g/mol. The molecule has 0 amide bonds. The highest BCUT2D eigenvalue weighted by atomic mass is 28.5. The van der Waals surface area contributed by atoms with Crippen LogP contribution in [-0.4, -0.2) is 69.0 Å². The van der Waals surface area contributed by atoms with Gasteiger partial charge in [-0.15, -0.1) is 4.89 Å². The minimum absolute atomic E-state index is 1.52. The lowest BCUT2D eigenvalue weighted by atomic mass is 9.87. The fourth-order valence-electron chi connectivity index (χ4n) is 1.69. The Balaban J connectivity index is 6.83. The molecular weight excluding hydrogens is 652 g/mol. The van der Waals surface area contributed by atoms with Gasteiger partial charge in [0.15, 0.2) is 0 Å². The molecule has 0 spiro atoms. The molecule has 230 valence electrons. The van der Waals surface area contributed by atoms with E-state index in [2.05, 4.69) is 0 Å². The van der Waals surface area contributed by atoms with Crippen molar-refractivity contribution in [2.24, 2.45) is 0 Å². The first-order valence-corrected chi connectivity index (χ1v) is 9.07. The molecule has 0 aromatic rings. The molecule has 0 atom stereocenters. The number of halogens is 24. The van der Waals surface area contributed by atoms with Gasteiger partial charge in [0.1, 0.15) is 0 Å². The van der Waals surface area contributed by atoms with Crippen molar-refractivity contribution in [2.75, 3.05) is 0 Å². The van der Waals surface area contributed by atoms with E-state index < -0.39 is 69.0 Å². The second-order valence-corrected chi connectivity index (χ2v) is 7.35. The van der Waals surface area contributed by atoms with E-state index in [4.69, 9.17) is 0 Å². The molecule has 0 N–H and O–H groups in total. The number of rotatable bonds is 12. The molecule has 0 rings (SSSR count). The lowest BCUT2D eigenvalue weighted by Crippen LogP contribution is -2.77. The summed E-state index contributed by atoms with van der Waals surface area (Å²) in [6.45, 7) is 0. The molecule has 0 bridgehead atoms. The summed E-state index contributed by atoms with van der Waals surface area (Å²) in [6, 6.07) is 0. The summed E-state index contributed by atoms with van der Waals surface area (Å²) >= 11 is 0. The third kappa shape index (κ3) is 5.03. The molecule has 0 aromatic heterocycles. The van der Waals surface area contributed by atoms with Gasteiger partial charge in [-0.2, -0.15) is 96.8 Å². The summed E-state index contributed by atoms with van der Waals surface area (Å²) in [5.74, 6) is -72.6. The minimum Gasteiger partial charge on any atom is -0.213 e. The maximum absolute atomic E-state index is 13.4. The highest BCUT2D eigenvalue weighted by molar-refractivity contribution is 6.50. The van der Waals surface area contributed by atoms with E-state index in [0.29, 0.717) is 0 Å². The van der Waals surface area contributed by atoms with Crippen LogP contribution in [0, 0.1) is 0 Å². The Labute approximate surface area is 189 Å². The van der Waals surface area contributed by atoms with Crippen molar-refractivity contribution in [1.29, 1.82) is 0 Å². The van der Waals surface area contributed by atoms with E-state index in [9.17, 15) is 105 Å². The highest BCUT2D eigenvalue weighted by Crippen LogP contribution is 2.66. The lowest BCUT2D eigenvalue weighted by molar-refractivity contribution is -0.595. The molecule has 0 radical (unpaired) electrons. The Morgan fingerprint density at radius 2 is 0.579 bits per heavy atom. The van der Waals surface area contributed by atoms with E-state index in [1.54, 1.807) is 9.61 Å². The van der Waals surface area contributed by atoms with Crippen molar-refractivity contribution in [3.63, 3.8) is 0 Å². The van der Waals surface area contributed by atoms with Crippen LogP contribution in [0.3, 0.4) is 0 Å². The SMILES string of the molecule is FC(F)(F)C(F)(F)C(F)(F)C(F)(F)C(F)(F)C(F)(F)C(F)(F)C(F)(F)C(F)(F)C(F)(F)OOO[Si](F)(F)F. The fraction of sp³-hybridized carbons (Fsp3) is 1.00. The molecule has 0 heterocycles. The van der Waals surface area contributed by atoms with Gasteiger partial charge in [-0.25, -0.2) is 12.3 Å². The van der Waals surface area contributed by atoms with Crippen LogP contribution in [-0.2, 0) is 14.5 Å². The van der Waals surface area contributed by atoms with Crippen molar-refractivity contribution in [3.05, 3.63) is 0 Å². The zero-order valence-corrected chi connectivity index (χ0v) is 16.8. The van der Waals surface area contributed by atoms with Crippen LogP contribution in [0.25, 0.3) is 0 Å². The first kappa shape index (κ1) is 36.4.